The minimum Gasteiger partial charge on any atom is -0.338 e. The smallest absolute Gasteiger partial charge is 0.319 e. The Hall–Kier alpha value is -2.29. The van der Waals surface area contributed by atoms with E-state index in [1.54, 1.807) is 17.4 Å². The summed E-state index contributed by atoms with van der Waals surface area (Å²) in [5.41, 5.74) is 1.46. The molecule has 124 valence electrons. The number of hydrogen-bond acceptors (Lipinski definition) is 3. The second-order valence-electron chi connectivity index (χ2n) is 6.05. The number of anilines is 1. The number of nitrogens with one attached hydrogen (secondary N) is 2. The van der Waals surface area contributed by atoms with Crippen LogP contribution in [0.1, 0.15) is 22.9 Å². The first-order chi connectivity index (χ1) is 11.7. The van der Waals surface area contributed by atoms with E-state index in [1.165, 1.54) is 4.88 Å². The molecule has 1 fully saturated rings. The molecule has 2 aromatic rings. The van der Waals surface area contributed by atoms with Crippen LogP contribution in [0.3, 0.4) is 0 Å². The van der Waals surface area contributed by atoms with Crippen LogP contribution in [0.15, 0.2) is 41.8 Å². The van der Waals surface area contributed by atoms with Gasteiger partial charge >= 0.3 is 6.03 Å². The van der Waals surface area contributed by atoms with Gasteiger partial charge in [-0.25, -0.2) is 4.79 Å². The fourth-order valence-corrected chi connectivity index (χ4v) is 4.22. The van der Waals surface area contributed by atoms with Gasteiger partial charge in [-0.1, -0.05) is 18.1 Å². The van der Waals surface area contributed by atoms with Crippen LogP contribution >= 0.6 is 11.3 Å². The van der Waals surface area contributed by atoms with Gasteiger partial charge in [0.05, 0.1) is 0 Å². The second kappa shape index (κ2) is 7.52. The van der Waals surface area contributed by atoms with Crippen molar-refractivity contribution in [2.45, 2.75) is 12.5 Å². The molecule has 1 aromatic carbocycles. The summed E-state index contributed by atoms with van der Waals surface area (Å²) in [4.78, 5) is 15.9. The minimum absolute atomic E-state index is 0.191. The Morgan fingerprint density at radius 3 is 3.04 bits per heavy atom. The van der Waals surface area contributed by atoms with Crippen LogP contribution in [0, 0.1) is 18.3 Å². The molecule has 24 heavy (non-hydrogen) atoms. The van der Waals surface area contributed by atoms with Crippen molar-refractivity contribution < 1.29 is 4.79 Å². The number of carbonyl (C=O) groups is 1. The molecule has 1 aliphatic rings. The van der Waals surface area contributed by atoms with Crippen molar-refractivity contribution in [3.8, 4) is 12.3 Å². The van der Waals surface area contributed by atoms with E-state index < -0.39 is 0 Å². The zero-order chi connectivity index (χ0) is 16.9. The van der Waals surface area contributed by atoms with Gasteiger partial charge in [-0.3, -0.25) is 4.90 Å². The van der Waals surface area contributed by atoms with Crippen molar-refractivity contribution >= 4 is 23.1 Å². The van der Waals surface area contributed by atoms with Crippen LogP contribution in [0.25, 0.3) is 0 Å². The van der Waals surface area contributed by atoms with Crippen LogP contribution in [-0.2, 0) is 0 Å². The summed E-state index contributed by atoms with van der Waals surface area (Å²) in [6.45, 7) is 1.72. The predicted molar refractivity (Wildman–Crippen MR) is 99.2 cm³/mol. The van der Waals surface area contributed by atoms with Gasteiger partial charge in [0.15, 0.2) is 0 Å². The van der Waals surface area contributed by atoms with E-state index >= 15 is 0 Å². The molecule has 4 nitrogen and oxygen atoms in total. The van der Waals surface area contributed by atoms with Crippen LogP contribution < -0.4 is 10.6 Å². The predicted octanol–water partition coefficient (Wildman–Crippen LogP) is 3.54. The highest BCUT2D eigenvalue weighted by atomic mass is 32.1. The molecule has 1 saturated heterocycles. The van der Waals surface area contributed by atoms with Gasteiger partial charge in [0.25, 0.3) is 0 Å². The average Bonchev–Trinajstić information content (AvgIpc) is 3.22. The molecule has 0 aliphatic carbocycles. The summed E-state index contributed by atoms with van der Waals surface area (Å²) in [6, 6.07) is 11.7. The maximum absolute atomic E-state index is 12.2. The van der Waals surface area contributed by atoms with E-state index in [0.29, 0.717) is 24.2 Å². The highest BCUT2D eigenvalue weighted by molar-refractivity contribution is 7.10. The lowest BCUT2D eigenvalue weighted by Crippen LogP contribution is -2.35. The van der Waals surface area contributed by atoms with E-state index in [9.17, 15) is 4.79 Å². The van der Waals surface area contributed by atoms with Crippen molar-refractivity contribution in [2.75, 3.05) is 25.5 Å². The van der Waals surface area contributed by atoms with Gasteiger partial charge in [-0.15, -0.1) is 17.8 Å². The van der Waals surface area contributed by atoms with E-state index in [2.05, 4.69) is 46.0 Å². The van der Waals surface area contributed by atoms with Gasteiger partial charge in [-0.05, 0) is 55.6 Å². The van der Waals surface area contributed by atoms with Gasteiger partial charge in [0, 0.05) is 28.7 Å². The van der Waals surface area contributed by atoms with Crippen molar-refractivity contribution in [1.29, 1.82) is 0 Å². The Morgan fingerprint density at radius 1 is 1.42 bits per heavy atom. The number of nitrogens with zero attached hydrogens (tertiary/aromatic N) is 1. The summed E-state index contributed by atoms with van der Waals surface area (Å²) >= 11 is 1.78. The molecule has 2 heterocycles. The number of urea groups is 1. The summed E-state index contributed by atoms with van der Waals surface area (Å²) < 4.78 is 0. The number of terminal acetylenes is 1. The Balaban J connectivity index is 1.57. The number of benzene rings is 1. The molecule has 0 saturated carbocycles. The fraction of sp³-hybridized carbons (Fsp3) is 0.316. The normalized spacial score (nSPS) is 20.5. The molecule has 5 heteroatoms. The summed E-state index contributed by atoms with van der Waals surface area (Å²) in [6.07, 6.45) is 6.47. The zero-order valence-corrected chi connectivity index (χ0v) is 14.5. The molecule has 2 amide bonds. The average molecular weight is 339 g/mol. The van der Waals surface area contributed by atoms with E-state index in [1.807, 2.05) is 18.2 Å². The van der Waals surface area contributed by atoms with Crippen molar-refractivity contribution in [2.24, 2.45) is 5.92 Å². The quantitative estimate of drug-likeness (QED) is 0.837. The van der Waals surface area contributed by atoms with Crippen LogP contribution in [-0.4, -0.2) is 31.1 Å². The molecule has 1 aromatic heterocycles. The van der Waals surface area contributed by atoms with Crippen molar-refractivity contribution in [3.05, 3.63) is 52.2 Å². The molecule has 2 N–H and O–H groups in total. The topological polar surface area (TPSA) is 44.4 Å². The van der Waals surface area contributed by atoms with Gasteiger partial charge in [-0.2, -0.15) is 0 Å². The molecule has 0 spiro atoms. The number of thiophene rings is 1. The summed E-state index contributed by atoms with van der Waals surface area (Å²) in [7, 11) is 2.15. The van der Waals surface area contributed by atoms with Crippen molar-refractivity contribution in [1.82, 2.24) is 10.2 Å². The lowest BCUT2D eigenvalue weighted by molar-refractivity contribution is 0.244. The van der Waals surface area contributed by atoms with E-state index in [4.69, 9.17) is 6.42 Å². The number of carbonyl (C=O) groups excluding carboxylic acids is 1. The van der Waals surface area contributed by atoms with E-state index in [-0.39, 0.29) is 6.03 Å². The molecular formula is C19H21N3OS. The second-order valence-corrected chi connectivity index (χ2v) is 7.03. The van der Waals surface area contributed by atoms with Crippen LogP contribution in [0.2, 0.25) is 0 Å². The third-order valence-electron chi connectivity index (χ3n) is 4.42. The lowest BCUT2D eigenvalue weighted by Gasteiger charge is -2.24. The highest BCUT2D eigenvalue weighted by Crippen LogP contribution is 2.37. The maximum atomic E-state index is 12.2. The van der Waals surface area contributed by atoms with E-state index in [0.717, 1.165) is 18.5 Å². The van der Waals surface area contributed by atoms with Gasteiger partial charge in [0.1, 0.15) is 0 Å². The summed E-state index contributed by atoms with van der Waals surface area (Å²) in [5.74, 6) is 2.99. The van der Waals surface area contributed by atoms with Crippen LogP contribution in [0.5, 0.6) is 0 Å². The minimum atomic E-state index is -0.191. The lowest BCUT2D eigenvalue weighted by atomic mass is 9.99. The molecule has 3 rings (SSSR count). The molecule has 1 aliphatic heterocycles. The number of rotatable bonds is 4. The largest absolute Gasteiger partial charge is 0.338 e. The molecule has 0 unspecified atom stereocenters. The third kappa shape index (κ3) is 3.78. The Labute approximate surface area is 146 Å². The standard InChI is InChI=1S/C19H21N3OS/c1-3-14-6-4-7-16(12-14)21-19(23)20-13-15-9-10-22(2)18(15)17-8-5-11-24-17/h1,4-8,11-12,15,18H,9-10,13H2,2H3,(H2,20,21,23)/t15-,18+/m1/s1. The molecule has 0 radical (unpaired) electrons. The van der Waals surface area contributed by atoms with Crippen molar-refractivity contribution in [3.63, 3.8) is 0 Å². The Bertz CT molecular complexity index is 735. The first-order valence-corrected chi connectivity index (χ1v) is 8.90. The fourth-order valence-electron chi connectivity index (χ4n) is 3.23. The Kier molecular flexibility index (Phi) is 5.19. The van der Waals surface area contributed by atoms with Crippen LogP contribution in [0.4, 0.5) is 10.5 Å². The van der Waals surface area contributed by atoms with Gasteiger partial charge < -0.3 is 10.6 Å². The zero-order valence-electron chi connectivity index (χ0n) is 13.7. The Morgan fingerprint density at radius 2 is 2.29 bits per heavy atom. The van der Waals surface area contributed by atoms with Gasteiger partial charge in [0.2, 0.25) is 0 Å². The monoisotopic (exact) mass is 339 g/mol. The third-order valence-corrected chi connectivity index (χ3v) is 5.36. The number of hydrogen-bond donors (Lipinski definition) is 2. The highest BCUT2D eigenvalue weighted by Gasteiger charge is 2.33. The number of amides is 2. The molecule has 2 atom stereocenters. The molecule has 0 bridgehead atoms. The SMILES string of the molecule is C#Cc1cccc(NC(=O)NC[C@H]2CCN(C)[C@@H]2c2cccs2)c1. The maximum Gasteiger partial charge on any atom is 0.319 e. The molecular weight excluding hydrogens is 318 g/mol. The number of likely N-dealkylation sites (tertiary alicyclic amines) is 1. The first-order valence-electron chi connectivity index (χ1n) is 8.02. The first kappa shape index (κ1) is 16.6. The summed E-state index contributed by atoms with van der Waals surface area (Å²) in [5, 5.41) is 7.95.